The molecule has 3 nitrogen and oxygen atoms in total. The van der Waals surface area contributed by atoms with Gasteiger partial charge < -0.3 is 10.6 Å². The van der Waals surface area contributed by atoms with Crippen molar-refractivity contribution in [3.05, 3.63) is 29.3 Å². The van der Waals surface area contributed by atoms with Crippen molar-refractivity contribution in [2.75, 3.05) is 12.3 Å². The third kappa shape index (κ3) is 2.78. The van der Waals surface area contributed by atoms with Crippen molar-refractivity contribution < 1.29 is 4.79 Å². The third-order valence-corrected chi connectivity index (χ3v) is 3.18. The van der Waals surface area contributed by atoms with Gasteiger partial charge in [-0.2, -0.15) is 0 Å². The predicted molar refractivity (Wildman–Crippen MR) is 69.4 cm³/mol. The Hall–Kier alpha value is -1.51. The van der Waals surface area contributed by atoms with E-state index < -0.39 is 0 Å². The van der Waals surface area contributed by atoms with E-state index in [2.05, 4.69) is 19.9 Å². The highest BCUT2D eigenvalue weighted by Crippen LogP contribution is 2.22. The number of nitrogen functional groups attached to an aromatic ring is 1. The molecule has 2 rings (SSSR count). The molecule has 0 atom stereocenters. The molecule has 0 saturated carbocycles. The summed E-state index contributed by atoms with van der Waals surface area (Å²) in [5, 5.41) is 0. The summed E-state index contributed by atoms with van der Waals surface area (Å²) in [5.41, 5.74) is 9.09. The van der Waals surface area contributed by atoms with Gasteiger partial charge in [0.2, 0.25) is 5.91 Å². The highest BCUT2D eigenvalue weighted by Gasteiger charge is 2.20. The van der Waals surface area contributed by atoms with Crippen LogP contribution in [0.4, 0.5) is 5.69 Å². The Kier molecular flexibility index (Phi) is 3.36. The lowest BCUT2D eigenvalue weighted by Crippen LogP contribution is -2.36. The van der Waals surface area contributed by atoms with Crippen LogP contribution >= 0.6 is 0 Å². The second kappa shape index (κ2) is 4.78. The molecular weight excluding hydrogens is 212 g/mol. The van der Waals surface area contributed by atoms with Crippen LogP contribution in [-0.2, 0) is 17.8 Å². The van der Waals surface area contributed by atoms with Crippen molar-refractivity contribution in [3.8, 4) is 0 Å². The Balaban J connectivity index is 2.10. The van der Waals surface area contributed by atoms with Gasteiger partial charge in [0, 0.05) is 25.2 Å². The minimum absolute atomic E-state index is 0.257. The van der Waals surface area contributed by atoms with Gasteiger partial charge in [-0.3, -0.25) is 4.79 Å². The summed E-state index contributed by atoms with van der Waals surface area (Å²) in [4.78, 5) is 13.9. The summed E-state index contributed by atoms with van der Waals surface area (Å²) < 4.78 is 0. The van der Waals surface area contributed by atoms with Crippen LogP contribution in [0.2, 0.25) is 0 Å². The number of amides is 1. The molecule has 92 valence electrons. The zero-order chi connectivity index (χ0) is 12.4. The maximum atomic E-state index is 12.0. The van der Waals surface area contributed by atoms with Gasteiger partial charge >= 0.3 is 0 Å². The molecule has 2 N–H and O–H groups in total. The van der Waals surface area contributed by atoms with Crippen LogP contribution in [0.15, 0.2) is 18.2 Å². The number of anilines is 1. The number of fused-ring (bicyclic) bond motifs is 1. The Bertz CT molecular complexity index is 426. The minimum atomic E-state index is 0.257. The number of nitrogens with two attached hydrogens (primary N) is 1. The average molecular weight is 232 g/mol. The van der Waals surface area contributed by atoms with E-state index in [1.54, 1.807) is 0 Å². The third-order valence-electron chi connectivity index (χ3n) is 3.18. The van der Waals surface area contributed by atoms with Crippen LogP contribution in [0, 0.1) is 5.92 Å². The van der Waals surface area contributed by atoms with Gasteiger partial charge in [-0.05, 0) is 35.6 Å². The van der Waals surface area contributed by atoms with E-state index in [0.29, 0.717) is 18.9 Å². The number of benzene rings is 1. The first-order valence-electron chi connectivity index (χ1n) is 6.21. The molecular formula is C14H20N2O. The fourth-order valence-corrected chi connectivity index (χ4v) is 2.27. The number of nitrogens with zero attached hydrogens (tertiary/aromatic N) is 1. The maximum absolute atomic E-state index is 12.0. The van der Waals surface area contributed by atoms with Gasteiger partial charge in [0.25, 0.3) is 0 Å². The summed E-state index contributed by atoms with van der Waals surface area (Å²) >= 11 is 0. The van der Waals surface area contributed by atoms with Crippen molar-refractivity contribution in [1.82, 2.24) is 4.90 Å². The fraction of sp³-hybridized carbons (Fsp3) is 0.500. The molecule has 1 aliphatic rings. The zero-order valence-electron chi connectivity index (χ0n) is 10.6. The Morgan fingerprint density at radius 2 is 2.18 bits per heavy atom. The van der Waals surface area contributed by atoms with Crippen LogP contribution in [0.3, 0.4) is 0 Å². The number of carbonyl (C=O) groups is 1. The SMILES string of the molecule is CC(C)CC(=O)N1CCc2ccc(N)cc2C1. The van der Waals surface area contributed by atoms with Gasteiger partial charge in [0.15, 0.2) is 0 Å². The van der Waals surface area contributed by atoms with E-state index in [9.17, 15) is 4.79 Å². The normalized spacial score (nSPS) is 14.9. The van der Waals surface area contributed by atoms with Crippen molar-refractivity contribution in [3.63, 3.8) is 0 Å². The molecule has 1 heterocycles. The number of hydrogen-bond donors (Lipinski definition) is 1. The van der Waals surface area contributed by atoms with E-state index in [1.165, 1.54) is 11.1 Å². The Morgan fingerprint density at radius 1 is 1.41 bits per heavy atom. The molecule has 1 aromatic carbocycles. The summed E-state index contributed by atoms with van der Waals surface area (Å²) in [5.74, 6) is 0.679. The van der Waals surface area contributed by atoms with Crippen LogP contribution in [0.25, 0.3) is 0 Å². The van der Waals surface area contributed by atoms with Gasteiger partial charge in [0.05, 0.1) is 0 Å². The van der Waals surface area contributed by atoms with Gasteiger partial charge in [0.1, 0.15) is 0 Å². The lowest BCUT2D eigenvalue weighted by molar-refractivity contribution is -0.132. The highest BCUT2D eigenvalue weighted by atomic mass is 16.2. The summed E-state index contributed by atoms with van der Waals surface area (Å²) in [7, 11) is 0. The van der Waals surface area contributed by atoms with Crippen LogP contribution in [0.1, 0.15) is 31.4 Å². The molecule has 0 saturated heterocycles. The van der Waals surface area contributed by atoms with E-state index >= 15 is 0 Å². The molecule has 0 aliphatic carbocycles. The van der Waals surface area contributed by atoms with Crippen molar-refractivity contribution in [1.29, 1.82) is 0 Å². The largest absolute Gasteiger partial charge is 0.399 e. The molecule has 0 spiro atoms. The molecule has 1 amide bonds. The Labute approximate surface area is 103 Å². The zero-order valence-corrected chi connectivity index (χ0v) is 10.6. The first kappa shape index (κ1) is 12.0. The van der Waals surface area contributed by atoms with Crippen molar-refractivity contribution in [2.24, 2.45) is 5.92 Å². The number of hydrogen-bond acceptors (Lipinski definition) is 2. The molecule has 1 aliphatic heterocycles. The van der Waals surface area contributed by atoms with E-state index in [1.807, 2.05) is 17.0 Å². The second-order valence-corrected chi connectivity index (χ2v) is 5.19. The average Bonchev–Trinajstić information content (AvgIpc) is 2.27. The standard InChI is InChI=1S/C14H20N2O/c1-10(2)7-14(17)16-6-5-11-3-4-13(15)8-12(11)9-16/h3-4,8,10H,5-7,9,15H2,1-2H3. The topological polar surface area (TPSA) is 46.3 Å². The highest BCUT2D eigenvalue weighted by molar-refractivity contribution is 5.76. The molecule has 1 aromatic rings. The number of carbonyl (C=O) groups excluding carboxylic acids is 1. The monoisotopic (exact) mass is 232 g/mol. The Morgan fingerprint density at radius 3 is 2.88 bits per heavy atom. The molecule has 0 aromatic heterocycles. The summed E-state index contributed by atoms with van der Waals surface area (Å²) in [6.45, 7) is 5.70. The van der Waals surface area contributed by atoms with Gasteiger partial charge in [-0.15, -0.1) is 0 Å². The molecule has 0 radical (unpaired) electrons. The van der Waals surface area contributed by atoms with Crippen LogP contribution in [-0.4, -0.2) is 17.4 Å². The lowest BCUT2D eigenvalue weighted by atomic mass is 9.98. The lowest BCUT2D eigenvalue weighted by Gasteiger charge is -2.29. The molecule has 0 unspecified atom stereocenters. The summed E-state index contributed by atoms with van der Waals surface area (Å²) in [6, 6.07) is 6.00. The van der Waals surface area contributed by atoms with Gasteiger partial charge in [-0.25, -0.2) is 0 Å². The first-order valence-corrected chi connectivity index (χ1v) is 6.21. The molecule has 3 heteroatoms. The van der Waals surface area contributed by atoms with E-state index in [4.69, 9.17) is 5.73 Å². The smallest absolute Gasteiger partial charge is 0.223 e. The van der Waals surface area contributed by atoms with E-state index in [0.717, 1.165) is 18.7 Å². The van der Waals surface area contributed by atoms with Crippen molar-refractivity contribution in [2.45, 2.75) is 33.2 Å². The maximum Gasteiger partial charge on any atom is 0.223 e. The van der Waals surface area contributed by atoms with Crippen LogP contribution < -0.4 is 5.73 Å². The number of rotatable bonds is 2. The van der Waals surface area contributed by atoms with Crippen LogP contribution in [0.5, 0.6) is 0 Å². The van der Waals surface area contributed by atoms with E-state index in [-0.39, 0.29) is 5.91 Å². The molecule has 17 heavy (non-hydrogen) atoms. The second-order valence-electron chi connectivity index (χ2n) is 5.19. The van der Waals surface area contributed by atoms with Gasteiger partial charge in [-0.1, -0.05) is 19.9 Å². The predicted octanol–water partition coefficient (Wildman–Crippen LogP) is 2.20. The fourth-order valence-electron chi connectivity index (χ4n) is 2.27. The quantitative estimate of drug-likeness (QED) is 0.795. The van der Waals surface area contributed by atoms with Crippen molar-refractivity contribution >= 4 is 11.6 Å². The first-order chi connectivity index (χ1) is 8.06. The molecule has 0 bridgehead atoms. The minimum Gasteiger partial charge on any atom is -0.399 e. The summed E-state index contributed by atoms with van der Waals surface area (Å²) in [6.07, 6.45) is 1.58. The molecule has 0 fully saturated rings.